The van der Waals surface area contributed by atoms with E-state index < -0.39 is 0 Å². The van der Waals surface area contributed by atoms with Gasteiger partial charge < -0.3 is 19.9 Å². The molecule has 0 atom stereocenters. The van der Waals surface area contributed by atoms with Crippen LogP contribution in [0.1, 0.15) is 12.5 Å². The number of methoxy groups -OCH3 is 1. The van der Waals surface area contributed by atoms with Gasteiger partial charge in [-0.2, -0.15) is 4.98 Å². The van der Waals surface area contributed by atoms with E-state index >= 15 is 0 Å². The van der Waals surface area contributed by atoms with E-state index in [2.05, 4.69) is 10.3 Å². The van der Waals surface area contributed by atoms with Crippen LogP contribution in [0.4, 0.5) is 5.82 Å². The van der Waals surface area contributed by atoms with Crippen LogP contribution in [-0.2, 0) is 6.61 Å². The molecule has 2 N–H and O–H groups in total. The standard InChI is InChI=1S/C15H18N2O3/c1-3-16-14-5-4-6-15(17-14)20-12-8-7-11(10-18)9-13(12)19-2/h4-9,18H,3,10H2,1-2H3,(H,16,17). The summed E-state index contributed by atoms with van der Waals surface area (Å²) in [7, 11) is 1.56. The first-order valence-corrected chi connectivity index (χ1v) is 6.43. The zero-order valence-corrected chi connectivity index (χ0v) is 11.6. The first kappa shape index (κ1) is 14.1. The van der Waals surface area contributed by atoms with Crippen molar-refractivity contribution in [3.63, 3.8) is 0 Å². The molecule has 5 nitrogen and oxygen atoms in total. The Morgan fingerprint density at radius 1 is 1.20 bits per heavy atom. The summed E-state index contributed by atoms with van der Waals surface area (Å²) in [5.41, 5.74) is 0.767. The molecule has 0 bridgehead atoms. The average molecular weight is 274 g/mol. The van der Waals surface area contributed by atoms with Gasteiger partial charge in [0.25, 0.3) is 0 Å². The highest BCUT2D eigenvalue weighted by atomic mass is 16.5. The molecule has 0 saturated carbocycles. The van der Waals surface area contributed by atoms with Gasteiger partial charge in [0.2, 0.25) is 5.88 Å². The quantitative estimate of drug-likeness (QED) is 0.848. The lowest BCUT2D eigenvalue weighted by molar-refractivity contribution is 0.280. The second-order valence-electron chi connectivity index (χ2n) is 4.14. The van der Waals surface area contributed by atoms with Crippen LogP contribution < -0.4 is 14.8 Å². The number of nitrogens with zero attached hydrogens (tertiary/aromatic N) is 1. The van der Waals surface area contributed by atoms with Crippen LogP contribution >= 0.6 is 0 Å². The zero-order valence-electron chi connectivity index (χ0n) is 11.6. The maximum Gasteiger partial charge on any atom is 0.221 e. The number of aliphatic hydroxyl groups excluding tert-OH is 1. The molecular formula is C15H18N2O3. The molecule has 1 aromatic carbocycles. The molecule has 0 spiro atoms. The number of aromatic nitrogens is 1. The fraction of sp³-hybridized carbons (Fsp3) is 0.267. The van der Waals surface area contributed by atoms with Crippen LogP contribution in [0.25, 0.3) is 0 Å². The third-order valence-electron chi connectivity index (χ3n) is 2.71. The van der Waals surface area contributed by atoms with Crippen molar-refractivity contribution in [2.24, 2.45) is 0 Å². The monoisotopic (exact) mass is 274 g/mol. The molecule has 2 aromatic rings. The summed E-state index contributed by atoms with van der Waals surface area (Å²) in [4.78, 5) is 4.34. The lowest BCUT2D eigenvalue weighted by atomic mass is 10.2. The molecule has 20 heavy (non-hydrogen) atoms. The number of hydrogen-bond acceptors (Lipinski definition) is 5. The van der Waals surface area contributed by atoms with Gasteiger partial charge in [-0.1, -0.05) is 12.1 Å². The number of nitrogens with one attached hydrogen (secondary N) is 1. The summed E-state index contributed by atoms with van der Waals surface area (Å²) in [6, 6.07) is 10.8. The van der Waals surface area contributed by atoms with E-state index in [1.165, 1.54) is 0 Å². The molecule has 0 radical (unpaired) electrons. The Hall–Kier alpha value is -2.27. The number of rotatable bonds is 6. The van der Waals surface area contributed by atoms with Gasteiger partial charge in [-0.3, -0.25) is 0 Å². The van der Waals surface area contributed by atoms with E-state index in [4.69, 9.17) is 14.6 Å². The first-order chi connectivity index (χ1) is 9.76. The van der Waals surface area contributed by atoms with Gasteiger partial charge in [0.15, 0.2) is 11.5 Å². The minimum atomic E-state index is -0.0369. The van der Waals surface area contributed by atoms with Gasteiger partial charge in [-0.25, -0.2) is 0 Å². The number of benzene rings is 1. The van der Waals surface area contributed by atoms with Crippen molar-refractivity contribution in [3.8, 4) is 17.4 Å². The fourth-order valence-corrected chi connectivity index (χ4v) is 1.76. The molecule has 5 heteroatoms. The van der Waals surface area contributed by atoms with Crippen LogP contribution in [0.15, 0.2) is 36.4 Å². The highest BCUT2D eigenvalue weighted by Gasteiger charge is 2.08. The molecule has 106 valence electrons. The predicted octanol–water partition coefficient (Wildman–Crippen LogP) is 2.81. The second-order valence-corrected chi connectivity index (χ2v) is 4.14. The predicted molar refractivity (Wildman–Crippen MR) is 77.4 cm³/mol. The first-order valence-electron chi connectivity index (χ1n) is 6.43. The van der Waals surface area contributed by atoms with Crippen molar-refractivity contribution < 1.29 is 14.6 Å². The van der Waals surface area contributed by atoms with Gasteiger partial charge >= 0.3 is 0 Å². The van der Waals surface area contributed by atoms with Gasteiger partial charge in [0.05, 0.1) is 13.7 Å². The Balaban J connectivity index is 2.22. The van der Waals surface area contributed by atoms with Crippen LogP contribution in [0.3, 0.4) is 0 Å². The Kier molecular flexibility index (Phi) is 4.79. The smallest absolute Gasteiger partial charge is 0.221 e. The van der Waals surface area contributed by atoms with Gasteiger partial charge in [0, 0.05) is 12.6 Å². The molecule has 0 aliphatic carbocycles. The van der Waals surface area contributed by atoms with E-state index in [0.29, 0.717) is 17.4 Å². The maximum absolute atomic E-state index is 9.12. The fourth-order valence-electron chi connectivity index (χ4n) is 1.76. The van der Waals surface area contributed by atoms with Crippen LogP contribution in [0.5, 0.6) is 17.4 Å². The van der Waals surface area contributed by atoms with Crippen LogP contribution in [0, 0.1) is 0 Å². The van der Waals surface area contributed by atoms with E-state index in [0.717, 1.165) is 17.9 Å². The van der Waals surface area contributed by atoms with Crippen molar-refractivity contribution in [1.29, 1.82) is 0 Å². The van der Waals surface area contributed by atoms with Gasteiger partial charge in [-0.15, -0.1) is 0 Å². The Labute approximate surface area is 118 Å². The summed E-state index contributed by atoms with van der Waals surface area (Å²) < 4.78 is 11.0. The molecular weight excluding hydrogens is 256 g/mol. The number of anilines is 1. The highest BCUT2D eigenvalue weighted by Crippen LogP contribution is 2.31. The van der Waals surface area contributed by atoms with Gasteiger partial charge in [0.1, 0.15) is 5.82 Å². The summed E-state index contributed by atoms with van der Waals surface area (Å²) in [5.74, 6) is 2.37. The third-order valence-corrected chi connectivity index (χ3v) is 2.71. The summed E-state index contributed by atoms with van der Waals surface area (Å²) in [6.45, 7) is 2.77. The molecule has 1 aromatic heterocycles. The molecule has 0 unspecified atom stereocenters. The topological polar surface area (TPSA) is 63.6 Å². The molecule has 1 heterocycles. The number of pyridine rings is 1. The molecule has 0 aliphatic rings. The van der Waals surface area contributed by atoms with E-state index in [1.54, 1.807) is 31.4 Å². The van der Waals surface area contributed by atoms with Crippen molar-refractivity contribution in [2.75, 3.05) is 19.0 Å². The SMILES string of the molecule is CCNc1cccc(Oc2ccc(CO)cc2OC)n1. The Bertz CT molecular complexity index is 573. The third kappa shape index (κ3) is 3.39. The normalized spacial score (nSPS) is 10.2. The molecule has 0 fully saturated rings. The number of ether oxygens (including phenoxy) is 2. The van der Waals surface area contributed by atoms with Crippen molar-refractivity contribution in [1.82, 2.24) is 4.98 Å². The summed E-state index contributed by atoms with van der Waals surface area (Å²) in [6.07, 6.45) is 0. The van der Waals surface area contributed by atoms with E-state index in [-0.39, 0.29) is 6.61 Å². The number of aliphatic hydroxyl groups is 1. The minimum absolute atomic E-state index is 0.0369. The minimum Gasteiger partial charge on any atom is -0.493 e. The second kappa shape index (κ2) is 6.77. The molecule has 0 saturated heterocycles. The summed E-state index contributed by atoms with van der Waals surface area (Å²) >= 11 is 0. The average Bonchev–Trinajstić information content (AvgIpc) is 2.48. The Morgan fingerprint density at radius 3 is 2.75 bits per heavy atom. The Morgan fingerprint density at radius 2 is 2.05 bits per heavy atom. The lowest BCUT2D eigenvalue weighted by Crippen LogP contribution is -2.00. The zero-order chi connectivity index (χ0) is 14.4. The van der Waals surface area contributed by atoms with Crippen molar-refractivity contribution in [3.05, 3.63) is 42.0 Å². The van der Waals surface area contributed by atoms with Crippen molar-refractivity contribution in [2.45, 2.75) is 13.5 Å². The molecule has 2 rings (SSSR count). The molecule has 0 amide bonds. The largest absolute Gasteiger partial charge is 0.493 e. The van der Waals surface area contributed by atoms with Crippen LogP contribution in [-0.4, -0.2) is 23.7 Å². The highest BCUT2D eigenvalue weighted by molar-refractivity contribution is 5.45. The lowest BCUT2D eigenvalue weighted by Gasteiger charge is -2.11. The number of hydrogen-bond donors (Lipinski definition) is 2. The van der Waals surface area contributed by atoms with E-state index in [9.17, 15) is 0 Å². The van der Waals surface area contributed by atoms with Gasteiger partial charge in [-0.05, 0) is 30.7 Å². The molecule has 0 aliphatic heterocycles. The van der Waals surface area contributed by atoms with E-state index in [1.807, 2.05) is 19.1 Å². The maximum atomic E-state index is 9.12. The van der Waals surface area contributed by atoms with Crippen LogP contribution in [0.2, 0.25) is 0 Å². The van der Waals surface area contributed by atoms with Crippen molar-refractivity contribution >= 4 is 5.82 Å². The summed E-state index contributed by atoms with van der Waals surface area (Å²) in [5, 5.41) is 12.2.